The first-order valence-electron chi connectivity index (χ1n) is 6.40. The van der Waals surface area contributed by atoms with Gasteiger partial charge in [0.05, 0.1) is 0 Å². The zero-order valence-corrected chi connectivity index (χ0v) is 12.1. The molecule has 0 saturated heterocycles. The Morgan fingerprint density at radius 1 is 1.28 bits per heavy atom. The number of carbonyl (C=O) groups is 1. The largest absolute Gasteiger partial charge is 0.341 e. The minimum Gasteiger partial charge on any atom is -0.341 e. The molecule has 1 aromatic carbocycles. The van der Waals surface area contributed by atoms with E-state index in [2.05, 4.69) is 56.5 Å². The van der Waals surface area contributed by atoms with E-state index >= 15 is 0 Å². The molecule has 0 radical (unpaired) electrons. The quantitative estimate of drug-likeness (QED) is 0.848. The lowest BCUT2D eigenvalue weighted by Gasteiger charge is -2.20. The highest BCUT2D eigenvalue weighted by molar-refractivity contribution is 5.73. The van der Waals surface area contributed by atoms with Crippen LogP contribution in [0.3, 0.4) is 0 Å². The molecule has 0 spiro atoms. The first-order chi connectivity index (χ1) is 8.34. The average Bonchev–Trinajstić information content (AvgIpc) is 2.29. The molecule has 3 heteroatoms. The van der Waals surface area contributed by atoms with Gasteiger partial charge in [-0.25, -0.2) is 4.79 Å². The highest BCUT2D eigenvalue weighted by atomic mass is 16.2. The summed E-state index contributed by atoms with van der Waals surface area (Å²) in [5.74, 6) is 0. The van der Waals surface area contributed by atoms with Gasteiger partial charge in [-0.2, -0.15) is 0 Å². The summed E-state index contributed by atoms with van der Waals surface area (Å²) in [4.78, 5) is 11.1. The second-order valence-corrected chi connectivity index (χ2v) is 5.65. The van der Waals surface area contributed by atoms with Crippen LogP contribution in [0.2, 0.25) is 0 Å². The zero-order valence-electron chi connectivity index (χ0n) is 12.1. The Morgan fingerprint density at radius 3 is 2.44 bits per heavy atom. The Morgan fingerprint density at radius 2 is 1.94 bits per heavy atom. The van der Waals surface area contributed by atoms with Gasteiger partial charge in [-0.3, -0.25) is 0 Å². The summed E-state index contributed by atoms with van der Waals surface area (Å²) in [5, 5.41) is 5.35. The number of aryl methyl sites for hydroxylation is 1. The van der Waals surface area contributed by atoms with Gasteiger partial charge in [0.25, 0.3) is 0 Å². The summed E-state index contributed by atoms with van der Waals surface area (Å²) < 4.78 is 0. The predicted molar refractivity (Wildman–Crippen MR) is 76.0 cm³/mol. The molecule has 0 aliphatic carbocycles. The standard InChI is InChI=1S/C15H24N2O/c1-11-10-13(15(2,3)4)7-6-12(11)8-9-17-14(18)16-5/h6-7,10H,8-9H2,1-5H3,(H2,16,17,18). The Kier molecular flexibility index (Phi) is 4.76. The normalized spacial score (nSPS) is 11.2. The van der Waals surface area contributed by atoms with Crippen LogP contribution in [0.5, 0.6) is 0 Å². The average molecular weight is 248 g/mol. The summed E-state index contributed by atoms with van der Waals surface area (Å²) >= 11 is 0. The number of carbonyl (C=O) groups excluding carboxylic acids is 1. The van der Waals surface area contributed by atoms with Crippen LogP contribution in [-0.2, 0) is 11.8 Å². The van der Waals surface area contributed by atoms with Gasteiger partial charge in [-0.05, 0) is 35.4 Å². The smallest absolute Gasteiger partial charge is 0.314 e. The van der Waals surface area contributed by atoms with Gasteiger partial charge in [0, 0.05) is 13.6 Å². The summed E-state index contributed by atoms with van der Waals surface area (Å²) in [5.41, 5.74) is 4.12. The third-order valence-corrected chi connectivity index (χ3v) is 3.12. The number of benzene rings is 1. The first-order valence-corrected chi connectivity index (χ1v) is 6.40. The summed E-state index contributed by atoms with van der Waals surface area (Å²) in [6.07, 6.45) is 0.865. The van der Waals surface area contributed by atoms with E-state index in [1.54, 1.807) is 7.05 Å². The van der Waals surface area contributed by atoms with Crippen molar-refractivity contribution in [2.24, 2.45) is 0 Å². The van der Waals surface area contributed by atoms with E-state index in [9.17, 15) is 4.79 Å². The molecule has 2 N–H and O–H groups in total. The van der Waals surface area contributed by atoms with E-state index in [4.69, 9.17) is 0 Å². The number of hydrogen-bond donors (Lipinski definition) is 2. The molecule has 18 heavy (non-hydrogen) atoms. The predicted octanol–water partition coefficient (Wildman–Crippen LogP) is 2.76. The maximum absolute atomic E-state index is 11.1. The molecule has 100 valence electrons. The van der Waals surface area contributed by atoms with Crippen molar-refractivity contribution in [1.29, 1.82) is 0 Å². The summed E-state index contributed by atoms with van der Waals surface area (Å²) in [6, 6.07) is 6.47. The minimum absolute atomic E-state index is 0.126. The van der Waals surface area contributed by atoms with Crippen molar-refractivity contribution in [3.05, 3.63) is 34.9 Å². The van der Waals surface area contributed by atoms with E-state index in [-0.39, 0.29) is 11.4 Å². The molecule has 1 aromatic rings. The maximum atomic E-state index is 11.1. The zero-order chi connectivity index (χ0) is 13.8. The minimum atomic E-state index is -0.126. The number of urea groups is 1. The van der Waals surface area contributed by atoms with Crippen molar-refractivity contribution in [2.45, 2.75) is 39.5 Å². The molecular formula is C15H24N2O. The van der Waals surface area contributed by atoms with Crippen molar-refractivity contribution >= 4 is 6.03 Å². The summed E-state index contributed by atoms with van der Waals surface area (Å²) in [6.45, 7) is 9.44. The van der Waals surface area contributed by atoms with Crippen molar-refractivity contribution in [3.8, 4) is 0 Å². The van der Waals surface area contributed by atoms with Gasteiger partial charge in [-0.15, -0.1) is 0 Å². The lowest BCUT2D eigenvalue weighted by atomic mass is 9.85. The highest BCUT2D eigenvalue weighted by Gasteiger charge is 2.14. The lowest BCUT2D eigenvalue weighted by molar-refractivity contribution is 0.243. The molecule has 1 rings (SSSR count). The van der Waals surface area contributed by atoms with Crippen LogP contribution in [0.1, 0.15) is 37.5 Å². The molecule has 0 saturated carbocycles. The molecule has 0 heterocycles. The topological polar surface area (TPSA) is 41.1 Å². The third-order valence-electron chi connectivity index (χ3n) is 3.12. The van der Waals surface area contributed by atoms with Crippen molar-refractivity contribution in [1.82, 2.24) is 10.6 Å². The van der Waals surface area contributed by atoms with Crippen LogP contribution in [0.4, 0.5) is 4.79 Å². The van der Waals surface area contributed by atoms with Gasteiger partial charge < -0.3 is 10.6 Å². The van der Waals surface area contributed by atoms with E-state index in [0.717, 1.165) is 6.42 Å². The van der Waals surface area contributed by atoms with Crippen molar-refractivity contribution < 1.29 is 4.79 Å². The van der Waals surface area contributed by atoms with Crippen LogP contribution in [0.15, 0.2) is 18.2 Å². The number of rotatable bonds is 3. The Labute approximate surface area is 110 Å². The number of hydrogen-bond acceptors (Lipinski definition) is 1. The number of nitrogens with one attached hydrogen (secondary N) is 2. The molecule has 0 unspecified atom stereocenters. The van der Waals surface area contributed by atoms with Crippen LogP contribution in [0, 0.1) is 6.92 Å². The second-order valence-electron chi connectivity index (χ2n) is 5.65. The SMILES string of the molecule is CNC(=O)NCCc1ccc(C(C)(C)C)cc1C. The Balaban J connectivity index is 2.66. The monoisotopic (exact) mass is 248 g/mol. The van der Waals surface area contributed by atoms with E-state index in [0.29, 0.717) is 6.54 Å². The van der Waals surface area contributed by atoms with Gasteiger partial charge in [0.2, 0.25) is 0 Å². The van der Waals surface area contributed by atoms with Gasteiger partial charge in [0.1, 0.15) is 0 Å². The van der Waals surface area contributed by atoms with Crippen LogP contribution >= 0.6 is 0 Å². The molecular weight excluding hydrogens is 224 g/mol. The van der Waals surface area contributed by atoms with Gasteiger partial charge in [0.15, 0.2) is 0 Å². The van der Waals surface area contributed by atoms with Crippen LogP contribution in [0.25, 0.3) is 0 Å². The molecule has 3 nitrogen and oxygen atoms in total. The third kappa shape index (κ3) is 4.06. The van der Waals surface area contributed by atoms with Crippen molar-refractivity contribution in [3.63, 3.8) is 0 Å². The van der Waals surface area contributed by atoms with Gasteiger partial charge in [-0.1, -0.05) is 39.0 Å². The second kappa shape index (κ2) is 5.89. The fraction of sp³-hybridized carbons (Fsp3) is 0.533. The van der Waals surface area contributed by atoms with E-state index < -0.39 is 0 Å². The molecule has 0 aliphatic rings. The lowest BCUT2D eigenvalue weighted by Crippen LogP contribution is -2.34. The molecule has 2 amide bonds. The molecule has 0 bridgehead atoms. The fourth-order valence-corrected chi connectivity index (χ4v) is 1.84. The van der Waals surface area contributed by atoms with Crippen molar-refractivity contribution in [2.75, 3.05) is 13.6 Å². The molecule has 0 aromatic heterocycles. The maximum Gasteiger partial charge on any atom is 0.314 e. The highest BCUT2D eigenvalue weighted by Crippen LogP contribution is 2.24. The first kappa shape index (κ1) is 14.6. The molecule has 0 aliphatic heterocycles. The molecule has 0 fully saturated rings. The number of amides is 2. The van der Waals surface area contributed by atoms with Gasteiger partial charge >= 0.3 is 6.03 Å². The van der Waals surface area contributed by atoms with Crippen LogP contribution in [-0.4, -0.2) is 19.6 Å². The van der Waals surface area contributed by atoms with E-state index in [1.807, 2.05) is 0 Å². The Hall–Kier alpha value is -1.51. The Bertz CT molecular complexity index is 419. The molecule has 0 atom stereocenters. The summed E-state index contributed by atoms with van der Waals surface area (Å²) in [7, 11) is 1.62. The fourth-order valence-electron chi connectivity index (χ4n) is 1.84. The van der Waals surface area contributed by atoms with Crippen LogP contribution < -0.4 is 10.6 Å². The van der Waals surface area contributed by atoms with E-state index in [1.165, 1.54) is 16.7 Å².